The van der Waals surface area contributed by atoms with Crippen molar-refractivity contribution in [3.63, 3.8) is 0 Å². The van der Waals surface area contributed by atoms with Crippen LogP contribution in [-0.2, 0) is 6.54 Å². The van der Waals surface area contributed by atoms with E-state index in [2.05, 4.69) is 31.4 Å². The summed E-state index contributed by atoms with van der Waals surface area (Å²) in [7, 11) is 1.91. The highest BCUT2D eigenvalue weighted by atomic mass is 32.1. The Morgan fingerprint density at radius 1 is 1.56 bits per heavy atom. The fourth-order valence-electron chi connectivity index (χ4n) is 1.72. The van der Waals surface area contributed by atoms with Crippen LogP contribution in [0, 0.1) is 0 Å². The molecule has 5 nitrogen and oxygen atoms in total. The van der Waals surface area contributed by atoms with Crippen molar-refractivity contribution in [1.29, 1.82) is 0 Å². The minimum Gasteiger partial charge on any atom is -0.333 e. The lowest BCUT2D eigenvalue weighted by Gasteiger charge is -2.14. The van der Waals surface area contributed by atoms with Crippen LogP contribution in [0.3, 0.4) is 0 Å². The molecule has 2 rings (SSSR count). The number of hydrogen-bond donors (Lipinski definition) is 1. The van der Waals surface area contributed by atoms with Gasteiger partial charge in [0.05, 0.1) is 0 Å². The highest BCUT2D eigenvalue weighted by Gasteiger charge is 2.19. The fourth-order valence-corrected chi connectivity index (χ4v) is 2.20. The first-order valence-electron chi connectivity index (χ1n) is 5.32. The van der Waals surface area contributed by atoms with Crippen LogP contribution in [0.25, 0.3) is 0 Å². The molecule has 6 heteroatoms. The summed E-state index contributed by atoms with van der Waals surface area (Å²) in [6, 6.07) is 0.0281. The van der Waals surface area contributed by atoms with Gasteiger partial charge in [-0.3, -0.25) is 0 Å². The molecule has 0 fully saturated rings. The predicted octanol–water partition coefficient (Wildman–Crippen LogP) is 1.45. The van der Waals surface area contributed by atoms with Crippen LogP contribution in [0.2, 0.25) is 0 Å². The van der Waals surface area contributed by atoms with E-state index in [-0.39, 0.29) is 6.04 Å². The maximum Gasteiger partial charge on any atom is 0.132 e. The van der Waals surface area contributed by atoms with Crippen LogP contribution < -0.4 is 5.32 Å². The Bertz CT molecular complexity index is 422. The number of rotatable bonds is 5. The summed E-state index contributed by atoms with van der Waals surface area (Å²) < 4.78 is 6.04. The largest absolute Gasteiger partial charge is 0.333 e. The monoisotopic (exact) mass is 237 g/mol. The van der Waals surface area contributed by atoms with Crippen LogP contribution >= 0.6 is 11.5 Å². The molecule has 16 heavy (non-hydrogen) atoms. The number of nitrogens with one attached hydrogen (secondary N) is 1. The SMILES string of the molecule is CCCn1ccnc1C(NC)c1csnn1. The Morgan fingerprint density at radius 3 is 3.06 bits per heavy atom. The van der Waals surface area contributed by atoms with Gasteiger partial charge < -0.3 is 9.88 Å². The lowest BCUT2D eigenvalue weighted by Crippen LogP contribution is -2.22. The second kappa shape index (κ2) is 5.18. The molecule has 0 aromatic carbocycles. The third-order valence-electron chi connectivity index (χ3n) is 2.43. The molecular weight excluding hydrogens is 222 g/mol. The quantitative estimate of drug-likeness (QED) is 0.855. The highest BCUT2D eigenvalue weighted by Crippen LogP contribution is 2.19. The minimum atomic E-state index is 0.0281. The maximum atomic E-state index is 4.40. The summed E-state index contributed by atoms with van der Waals surface area (Å²) in [5.74, 6) is 0.997. The van der Waals surface area contributed by atoms with Crippen molar-refractivity contribution in [3.8, 4) is 0 Å². The first kappa shape index (κ1) is 11.2. The fraction of sp³-hybridized carbons (Fsp3) is 0.500. The molecule has 2 aromatic rings. The van der Waals surface area contributed by atoms with Gasteiger partial charge >= 0.3 is 0 Å². The lowest BCUT2D eigenvalue weighted by atomic mass is 10.2. The molecule has 1 N–H and O–H groups in total. The van der Waals surface area contributed by atoms with Gasteiger partial charge in [0.15, 0.2) is 0 Å². The first-order valence-corrected chi connectivity index (χ1v) is 6.15. The summed E-state index contributed by atoms with van der Waals surface area (Å²) in [4.78, 5) is 4.40. The minimum absolute atomic E-state index is 0.0281. The average Bonchev–Trinajstić information content (AvgIpc) is 2.92. The van der Waals surface area contributed by atoms with Gasteiger partial charge in [-0.15, -0.1) is 5.10 Å². The third-order valence-corrected chi connectivity index (χ3v) is 2.95. The normalized spacial score (nSPS) is 12.9. The standard InChI is InChI=1S/C10H15N5S/c1-3-5-15-6-4-12-10(15)9(11-2)8-7-16-14-13-8/h4,6-7,9,11H,3,5H2,1-2H3. The molecule has 0 radical (unpaired) electrons. The molecule has 2 aromatic heterocycles. The van der Waals surface area contributed by atoms with Crippen molar-refractivity contribution in [2.24, 2.45) is 0 Å². The van der Waals surface area contributed by atoms with E-state index in [1.807, 2.05) is 24.8 Å². The van der Waals surface area contributed by atoms with E-state index in [1.165, 1.54) is 11.5 Å². The highest BCUT2D eigenvalue weighted by molar-refractivity contribution is 7.03. The Balaban J connectivity index is 2.30. The predicted molar refractivity (Wildman–Crippen MR) is 63.3 cm³/mol. The molecule has 0 amide bonds. The maximum absolute atomic E-state index is 4.40. The topological polar surface area (TPSA) is 55.6 Å². The van der Waals surface area contributed by atoms with E-state index in [0.717, 1.165) is 24.5 Å². The lowest BCUT2D eigenvalue weighted by molar-refractivity contribution is 0.558. The summed E-state index contributed by atoms with van der Waals surface area (Å²) in [5.41, 5.74) is 0.927. The molecule has 86 valence electrons. The van der Waals surface area contributed by atoms with E-state index >= 15 is 0 Å². The Kier molecular flexibility index (Phi) is 3.63. The zero-order chi connectivity index (χ0) is 11.4. The van der Waals surface area contributed by atoms with Crippen molar-refractivity contribution < 1.29 is 0 Å². The van der Waals surface area contributed by atoms with E-state index in [0.29, 0.717) is 0 Å². The number of nitrogens with zero attached hydrogens (tertiary/aromatic N) is 4. The molecule has 0 saturated heterocycles. The summed E-state index contributed by atoms with van der Waals surface area (Å²) in [5, 5.41) is 9.27. The molecule has 0 aliphatic carbocycles. The van der Waals surface area contributed by atoms with Gasteiger partial charge in [-0.25, -0.2) is 4.98 Å². The van der Waals surface area contributed by atoms with Crippen molar-refractivity contribution >= 4 is 11.5 Å². The number of aryl methyl sites for hydroxylation is 1. The van der Waals surface area contributed by atoms with Crippen LogP contribution in [0.15, 0.2) is 17.8 Å². The molecule has 0 aliphatic heterocycles. The second-order valence-electron chi connectivity index (χ2n) is 3.53. The molecule has 0 bridgehead atoms. The molecule has 1 atom stereocenters. The van der Waals surface area contributed by atoms with Crippen LogP contribution in [0.1, 0.15) is 30.9 Å². The Hall–Kier alpha value is -1.27. The van der Waals surface area contributed by atoms with Gasteiger partial charge in [-0.1, -0.05) is 11.4 Å². The Morgan fingerprint density at radius 2 is 2.44 bits per heavy atom. The first-order chi connectivity index (χ1) is 7.86. The van der Waals surface area contributed by atoms with Gasteiger partial charge in [0.25, 0.3) is 0 Å². The summed E-state index contributed by atoms with van der Waals surface area (Å²) >= 11 is 1.36. The van der Waals surface area contributed by atoms with E-state index in [4.69, 9.17) is 0 Å². The van der Waals surface area contributed by atoms with Gasteiger partial charge in [-0.05, 0) is 25.0 Å². The molecular formula is C10H15N5S. The smallest absolute Gasteiger partial charge is 0.132 e. The summed E-state index contributed by atoms with van der Waals surface area (Å²) in [6.45, 7) is 3.13. The molecule has 2 heterocycles. The molecule has 0 spiro atoms. The van der Waals surface area contributed by atoms with Crippen LogP contribution in [0.5, 0.6) is 0 Å². The number of imidazole rings is 1. The second-order valence-corrected chi connectivity index (χ2v) is 4.14. The van der Waals surface area contributed by atoms with E-state index in [1.54, 1.807) is 0 Å². The Labute approximate surface area is 98.7 Å². The van der Waals surface area contributed by atoms with Crippen LogP contribution in [0.4, 0.5) is 0 Å². The molecule has 0 saturated carbocycles. The molecule has 1 unspecified atom stereocenters. The third kappa shape index (κ3) is 2.12. The van der Waals surface area contributed by atoms with E-state index in [9.17, 15) is 0 Å². The van der Waals surface area contributed by atoms with Gasteiger partial charge in [-0.2, -0.15) is 0 Å². The summed E-state index contributed by atoms with van der Waals surface area (Å²) in [6.07, 6.45) is 4.92. The number of aromatic nitrogens is 4. The van der Waals surface area contributed by atoms with Gasteiger partial charge in [0, 0.05) is 24.3 Å². The van der Waals surface area contributed by atoms with Crippen molar-refractivity contribution in [3.05, 3.63) is 29.3 Å². The van der Waals surface area contributed by atoms with E-state index < -0.39 is 0 Å². The zero-order valence-corrected chi connectivity index (χ0v) is 10.2. The zero-order valence-electron chi connectivity index (χ0n) is 9.42. The van der Waals surface area contributed by atoms with Crippen molar-refractivity contribution in [2.45, 2.75) is 25.9 Å². The average molecular weight is 237 g/mol. The number of hydrogen-bond acceptors (Lipinski definition) is 5. The van der Waals surface area contributed by atoms with Crippen molar-refractivity contribution in [1.82, 2.24) is 24.5 Å². The van der Waals surface area contributed by atoms with Crippen LogP contribution in [-0.4, -0.2) is 26.2 Å². The van der Waals surface area contributed by atoms with Gasteiger partial charge in [0.2, 0.25) is 0 Å². The molecule has 0 aliphatic rings. The van der Waals surface area contributed by atoms with Gasteiger partial charge in [0.1, 0.15) is 17.6 Å². The van der Waals surface area contributed by atoms with Crippen molar-refractivity contribution in [2.75, 3.05) is 7.05 Å².